The van der Waals surface area contributed by atoms with Crippen molar-refractivity contribution in [2.45, 2.75) is 85.0 Å². The van der Waals surface area contributed by atoms with Crippen LogP contribution in [0.15, 0.2) is 42.2 Å². The molecule has 5 rings (SSSR count). The van der Waals surface area contributed by atoms with Crippen LogP contribution in [0.1, 0.15) is 81.8 Å². The van der Waals surface area contributed by atoms with Gasteiger partial charge in [0.1, 0.15) is 12.1 Å². The molecule has 3 N–H and O–H groups in total. The lowest BCUT2D eigenvalue weighted by Gasteiger charge is -2.35. The molecule has 2 aliphatic rings. The number of rotatable bonds is 10. The van der Waals surface area contributed by atoms with Crippen molar-refractivity contribution >= 4 is 40.7 Å². The average molecular weight is 706 g/mol. The smallest absolute Gasteiger partial charge is 0.309 e. The lowest BCUT2D eigenvalue weighted by Crippen LogP contribution is -2.58. The highest BCUT2D eigenvalue weighted by atomic mass is 32.1. The molecule has 2 saturated heterocycles. The van der Waals surface area contributed by atoms with Gasteiger partial charge in [0.05, 0.1) is 58.8 Å². The molecule has 2 fully saturated rings. The Kier molecular flexibility index (Phi) is 11.5. The largest absolute Gasteiger partial charge is 0.466 e. The summed E-state index contributed by atoms with van der Waals surface area (Å²) >= 11 is 1.57. The first-order valence-electron chi connectivity index (χ1n) is 17.1. The molecule has 14 heteroatoms. The molecule has 2 aliphatic heterocycles. The zero-order valence-electron chi connectivity index (χ0n) is 29.5. The summed E-state index contributed by atoms with van der Waals surface area (Å²) in [5.41, 5.74) is 4.71. The zero-order chi connectivity index (χ0) is 36.2. The van der Waals surface area contributed by atoms with E-state index in [4.69, 9.17) is 4.74 Å². The third-order valence-corrected chi connectivity index (χ3v) is 10.3. The Morgan fingerprint density at radius 2 is 1.70 bits per heavy atom. The molecule has 0 saturated carbocycles. The van der Waals surface area contributed by atoms with Crippen LogP contribution < -0.4 is 15.5 Å². The fourth-order valence-corrected chi connectivity index (χ4v) is 7.26. The van der Waals surface area contributed by atoms with Gasteiger partial charge in [0.25, 0.3) is 5.91 Å². The summed E-state index contributed by atoms with van der Waals surface area (Å²) in [6, 6.07) is 5.62. The fourth-order valence-electron chi connectivity index (χ4n) is 6.45. The summed E-state index contributed by atoms with van der Waals surface area (Å²) in [4.78, 5) is 70.5. The lowest BCUT2D eigenvalue weighted by molar-refractivity contribution is -0.148. The number of hydrogen-bond donors (Lipinski definition) is 3. The molecule has 1 aromatic carbocycles. The van der Waals surface area contributed by atoms with Crippen LogP contribution in [0.25, 0.3) is 10.4 Å². The molecule has 4 heterocycles. The highest BCUT2D eigenvalue weighted by Gasteiger charge is 2.45. The third kappa shape index (κ3) is 8.47. The van der Waals surface area contributed by atoms with Crippen LogP contribution in [0.3, 0.4) is 0 Å². The number of nitrogens with one attached hydrogen (secondary N) is 2. The van der Waals surface area contributed by atoms with E-state index in [0.717, 1.165) is 27.4 Å². The normalized spacial score (nSPS) is 19.5. The molecule has 0 unspecified atom stereocenters. The van der Waals surface area contributed by atoms with E-state index in [1.165, 1.54) is 4.90 Å². The summed E-state index contributed by atoms with van der Waals surface area (Å²) in [7, 11) is 0. The van der Waals surface area contributed by atoms with Crippen molar-refractivity contribution in [2.75, 3.05) is 31.1 Å². The summed E-state index contributed by atoms with van der Waals surface area (Å²) in [5, 5.41) is 16.4. The molecule has 0 radical (unpaired) electrons. The molecule has 0 aliphatic carbocycles. The zero-order valence-corrected chi connectivity index (χ0v) is 30.3. The maximum atomic E-state index is 14.1. The van der Waals surface area contributed by atoms with Crippen molar-refractivity contribution in [2.24, 2.45) is 11.3 Å². The van der Waals surface area contributed by atoms with E-state index >= 15 is 0 Å². The minimum Gasteiger partial charge on any atom is -0.466 e. The number of aliphatic hydroxyl groups is 1. The SMILES string of the molecule is CCOC(=O)C1CCN(c2cnc(C(=O)N[C@H](C(=O)N3C[C@H](O)C[C@H]3C(=O)N[C@@H](C)c3ccc(-c4scnc4C)cc3)C(C)(C)C)nc2)CC1. The molecule has 4 atom stereocenters. The van der Waals surface area contributed by atoms with E-state index < -0.39 is 35.4 Å². The first-order valence-corrected chi connectivity index (χ1v) is 18.0. The maximum Gasteiger partial charge on any atom is 0.309 e. The number of aryl methyl sites for hydroxylation is 1. The number of piperidine rings is 1. The topological polar surface area (TPSA) is 167 Å². The quantitative estimate of drug-likeness (QED) is 0.265. The number of thiazole rings is 1. The van der Waals surface area contributed by atoms with Gasteiger partial charge in [-0.3, -0.25) is 19.2 Å². The minimum atomic E-state index is -1.03. The van der Waals surface area contributed by atoms with Gasteiger partial charge in [-0.1, -0.05) is 45.0 Å². The molecule has 0 spiro atoms. The Balaban J connectivity index is 1.22. The van der Waals surface area contributed by atoms with Crippen molar-refractivity contribution in [1.82, 2.24) is 30.5 Å². The number of nitrogens with zero attached hydrogens (tertiary/aromatic N) is 5. The molecular weight excluding hydrogens is 659 g/mol. The molecule has 0 bridgehead atoms. The van der Waals surface area contributed by atoms with Crippen LogP contribution in [-0.4, -0.2) is 93.1 Å². The summed E-state index contributed by atoms with van der Waals surface area (Å²) < 4.78 is 5.15. The summed E-state index contributed by atoms with van der Waals surface area (Å²) in [6.07, 6.45) is 3.63. The van der Waals surface area contributed by atoms with Crippen molar-refractivity contribution in [3.05, 3.63) is 59.3 Å². The van der Waals surface area contributed by atoms with Crippen LogP contribution in [0.2, 0.25) is 0 Å². The van der Waals surface area contributed by atoms with Crippen LogP contribution >= 0.6 is 11.3 Å². The number of amides is 3. The van der Waals surface area contributed by atoms with E-state index in [9.17, 15) is 24.3 Å². The molecule has 2 aromatic heterocycles. The Morgan fingerprint density at radius 1 is 1.04 bits per heavy atom. The lowest BCUT2D eigenvalue weighted by atomic mass is 9.85. The van der Waals surface area contributed by atoms with Crippen LogP contribution in [0, 0.1) is 18.3 Å². The Labute approximate surface area is 296 Å². The van der Waals surface area contributed by atoms with Gasteiger partial charge in [-0.2, -0.15) is 0 Å². The van der Waals surface area contributed by atoms with Crippen molar-refractivity contribution in [3.63, 3.8) is 0 Å². The van der Waals surface area contributed by atoms with Gasteiger partial charge in [-0.05, 0) is 50.2 Å². The number of hydrogen-bond acceptors (Lipinski definition) is 11. The monoisotopic (exact) mass is 705 g/mol. The average Bonchev–Trinajstić information content (AvgIpc) is 3.71. The number of anilines is 1. The predicted octanol–water partition coefficient (Wildman–Crippen LogP) is 3.67. The highest BCUT2D eigenvalue weighted by Crippen LogP contribution is 2.30. The third-order valence-electron chi connectivity index (χ3n) is 9.35. The Hall–Kier alpha value is -4.43. The first kappa shape index (κ1) is 36.8. The van der Waals surface area contributed by atoms with E-state index in [0.29, 0.717) is 32.5 Å². The molecular formula is C36H47N7O6S. The van der Waals surface area contributed by atoms with Crippen LogP contribution in [-0.2, 0) is 19.1 Å². The van der Waals surface area contributed by atoms with E-state index in [2.05, 4.69) is 30.5 Å². The van der Waals surface area contributed by atoms with E-state index in [1.54, 1.807) is 30.7 Å². The second-order valence-electron chi connectivity index (χ2n) is 14.1. The number of aliphatic hydroxyl groups excluding tert-OH is 1. The van der Waals surface area contributed by atoms with Gasteiger partial charge in [-0.25, -0.2) is 15.0 Å². The van der Waals surface area contributed by atoms with Gasteiger partial charge < -0.3 is 30.3 Å². The fraction of sp³-hybridized carbons (Fsp3) is 0.528. The van der Waals surface area contributed by atoms with Gasteiger partial charge in [0, 0.05) is 26.1 Å². The summed E-state index contributed by atoms with van der Waals surface area (Å²) in [6.45, 7) is 12.7. The first-order chi connectivity index (χ1) is 23.8. The number of aromatic nitrogens is 3. The standard InChI is InChI=1S/C36H47N7O6S/c1-7-49-35(48)25-12-14-42(15-13-25)26-17-37-31(38-18-26)33(46)41-30(36(4,5)6)34(47)43-19-27(44)16-28(43)32(45)40-21(2)23-8-10-24(11-9-23)29-22(3)39-20-50-29/h8-11,17-18,20-21,25,27-28,30,44H,7,12-16,19H2,1-6H3,(H,40,45)(H,41,46)/t21-,27+,28-,30+/m0/s1. The number of carbonyl (C=O) groups excluding carboxylic acids is 4. The van der Waals surface area contributed by atoms with Crippen LogP contribution in [0.5, 0.6) is 0 Å². The van der Waals surface area contributed by atoms with Gasteiger partial charge in [0.2, 0.25) is 17.6 Å². The molecule has 3 aromatic rings. The van der Waals surface area contributed by atoms with Gasteiger partial charge in [0.15, 0.2) is 0 Å². The second-order valence-corrected chi connectivity index (χ2v) is 14.9. The number of ether oxygens (including phenoxy) is 1. The van der Waals surface area contributed by atoms with Crippen LogP contribution in [0.4, 0.5) is 5.69 Å². The van der Waals surface area contributed by atoms with Crippen molar-refractivity contribution < 1.29 is 29.0 Å². The Morgan fingerprint density at radius 3 is 2.28 bits per heavy atom. The number of benzene rings is 1. The molecule has 50 heavy (non-hydrogen) atoms. The van der Waals surface area contributed by atoms with Gasteiger partial charge >= 0.3 is 5.97 Å². The Bertz CT molecular complexity index is 1660. The molecule has 3 amide bonds. The molecule has 268 valence electrons. The predicted molar refractivity (Wildman–Crippen MR) is 189 cm³/mol. The number of carbonyl (C=O) groups is 4. The number of esters is 1. The maximum absolute atomic E-state index is 14.1. The van der Waals surface area contributed by atoms with Crippen molar-refractivity contribution in [3.8, 4) is 10.4 Å². The second kappa shape index (κ2) is 15.6. The van der Waals surface area contributed by atoms with E-state index in [-0.39, 0.29) is 42.6 Å². The van der Waals surface area contributed by atoms with Gasteiger partial charge in [-0.15, -0.1) is 11.3 Å². The number of β-amino-alcohol motifs (C(OH)–C–C–N with tert-alkyl or cyclic N) is 1. The molecule has 13 nitrogen and oxygen atoms in total. The summed E-state index contributed by atoms with van der Waals surface area (Å²) in [5.74, 6) is -1.89. The number of likely N-dealkylation sites (tertiary alicyclic amines) is 1. The van der Waals surface area contributed by atoms with E-state index in [1.807, 2.05) is 64.4 Å². The van der Waals surface area contributed by atoms with Crippen molar-refractivity contribution in [1.29, 1.82) is 0 Å². The minimum absolute atomic E-state index is 0.0330. The highest BCUT2D eigenvalue weighted by molar-refractivity contribution is 7.13.